The summed E-state index contributed by atoms with van der Waals surface area (Å²) in [7, 11) is 0. The van der Waals surface area contributed by atoms with Gasteiger partial charge in [-0.1, -0.05) is 18.2 Å². The van der Waals surface area contributed by atoms with Crippen molar-refractivity contribution in [1.82, 2.24) is 9.55 Å². The molecule has 0 radical (unpaired) electrons. The Kier molecular flexibility index (Phi) is 2.88. The third-order valence-electron chi connectivity index (χ3n) is 4.31. The van der Waals surface area contributed by atoms with E-state index in [-0.39, 0.29) is 0 Å². The zero-order valence-corrected chi connectivity index (χ0v) is 12.5. The summed E-state index contributed by atoms with van der Waals surface area (Å²) < 4.78 is 3.82. The maximum Gasteiger partial charge on any atom is 0.106 e. The van der Waals surface area contributed by atoms with Crippen molar-refractivity contribution in [1.29, 1.82) is 0 Å². The summed E-state index contributed by atoms with van der Waals surface area (Å²) in [6.07, 6.45) is 4.96. The Morgan fingerprint density at radius 2 is 2.05 bits per heavy atom. The minimum Gasteiger partial charge on any atom is -0.328 e. The van der Waals surface area contributed by atoms with Crippen molar-refractivity contribution in [2.45, 2.75) is 39.2 Å². The van der Waals surface area contributed by atoms with Gasteiger partial charge >= 0.3 is 0 Å². The van der Waals surface area contributed by atoms with Crippen LogP contribution in [0, 0.1) is 6.92 Å². The summed E-state index contributed by atoms with van der Waals surface area (Å²) in [6, 6.07) is 8.70. The fourth-order valence-corrected chi connectivity index (χ4v) is 4.23. The van der Waals surface area contributed by atoms with Gasteiger partial charge < -0.3 is 4.57 Å². The highest BCUT2D eigenvalue weighted by atomic mass is 32.1. The molecule has 0 saturated heterocycles. The average Bonchev–Trinajstić information content (AvgIpc) is 3.02. The molecule has 0 saturated carbocycles. The van der Waals surface area contributed by atoms with Crippen molar-refractivity contribution in [2.24, 2.45) is 0 Å². The Morgan fingerprint density at radius 3 is 3.00 bits per heavy atom. The number of rotatable bonds is 2. The number of fused-ring (bicyclic) bond motifs is 2. The van der Waals surface area contributed by atoms with Crippen LogP contribution in [-0.2, 0) is 19.4 Å². The first kappa shape index (κ1) is 12.2. The van der Waals surface area contributed by atoms with Crippen LogP contribution >= 0.6 is 11.3 Å². The lowest BCUT2D eigenvalue weighted by Gasteiger charge is -2.14. The largest absolute Gasteiger partial charge is 0.328 e. The second-order valence-electron chi connectivity index (χ2n) is 5.60. The lowest BCUT2D eigenvalue weighted by molar-refractivity contribution is 0.625. The summed E-state index contributed by atoms with van der Waals surface area (Å²) >= 11 is 1.85. The number of benzene rings is 1. The Labute approximate surface area is 123 Å². The molecule has 4 rings (SSSR count). The highest BCUT2D eigenvalue weighted by Crippen LogP contribution is 2.28. The van der Waals surface area contributed by atoms with Crippen LogP contribution in [0.2, 0.25) is 0 Å². The zero-order valence-electron chi connectivity index (χ0n) is 11.7. The molecular formula is C17H18N2S. The van der Waals surface area contributed by atoms with Crippen molar-refractivity contribution >= 4 is 21.4 Å². The second-order valence-corrected chi connectivity index (χ2v) is 6.51. The molecule has 1 aliphatic carbocycles. The minimum atomic E-state index is 0.970. The SMILES string of the molecule is Cc1nc2c(n1Cc1csc3ccccc13)CCCC2. The molecule has 1 aliphatic rings. The van der Waals surface area contributed by atoms with E-state index in [0.29, 0.717) is 0 Å². The maximum absolute atomic E-state index is 4.78. The smallest absolute Gasteiger partial charge is 0.106 e. The standard InChI is InChI=1S/C17H18N2S/c1-12-18-15-7-3-4-8-16(15)19(12)10-13-11-20-17-9-5-2-6-14(13)17/h2,5-6,9,11H,3-4,7-8,10H2,1H3. The van der Waals surface area contributed by atoms with Crippen LogP contribution in [0.1, 0.15) is 35.6 Å². The Balaban J connectivity index is 1.77. The number of imidazole rings is 1. The van der Waals surface area contributed by atoms with Gasteiger partial charge in [-0.05, 0) is 55.0 Å². The Hall–Kier alpha value is -1.61. The van der Waals surface area contributed by atoms with Crippen LogP contribution in [0.5, 0.6) is 0 Å². The van der Waals surface area contributed by atoms with Crippen molar-refractivity contribution in [3.05, 3.63) is 52.4 Å². The van der Waals surface area contributed by atoms with Gasteiger partial charge in [0.15, 0.2) is 0 Å². The molecule has 3 heteroatoms. The molecular weight excluding hydrogens is 264 g/mol. The highest BCUT2D eigenvalue weighted by Gasteiger charge is 2.18. The molecule has 20 heavy (non-hydrogen) atoms. The molecule has 1 aromatic carbocycles. The molecule has 0 N–H and O–H groups in total. The molecule has 0 fully saturated rings. The number of hydrogen-bond acceptors (Lipinski definition) is 2. The van der Waals surface area contributed by atoms with Gasteiger partial charge in [-0.2, -0.15) is 0 Å². The lowest BCUT2D eigenvalue weighted by atomic mass is 10.0. The van der Waals surface area contributed by atoms with E-state index in [2.05, 4.69) is 41.1 Å². The Morgan fingerprint density at radius 1 is 1.20 bits per heavy atom. The van der Waals surface area contributed by atoms with Gasteiger partial charge in [0.05, 0.1) is 12.2 Å². The predicted octanol–water partition coefficient (Wildman–Crippen LogP) is 4.33. The van der Waals surface area contributed by atoms with Crippen molar-refractivity contribution < 1.29 is 0 Å². The van der Waals surface area contributed by atoms with E-state index < -0.39 is 0 Å². The number of aryl methyl sites for hydroxylation is 2. The quantitative estimate of drug-likeness (QED) is 0.684. The normalized spacial score (nSPS) is 14.7. The van der Waals surface area contributed by atoms with Crippen LogP contribution in [0.15, 0.2) is 29.6 Å². The number of nitrogens with zero attached hydrogens (tertiary/aromatic N) is 2. The highest BCUT2D eigenvalue weighted by molar-refractivity contribution is 7.17. The molecule has 0 spiro atoms. The molecule has 0 atom stereocenters. The number of hydrogen-bond donors (Lipinski definition) is 0. The zero-order chi connectivity index (χ0) is 13.5. The first-order valence-corrected chi connectivity index (χ1v) is 8.21. The van der Waals surface area contributed by atoms with Crippen LogP contribution in [0.4, 0.5) is 0 Å². The number of aromatic nitrogens is 2. The maximum atomic E-state index is 4.78. The van der Waals surface area contributed by atoms with E-state index in [1.165, 1.54) is 52.1 Å². The van der Waals surface area contributed by atoms with Gasteiger partial charge in [0.1, 0.15) is 5.82 Å². The molecule has 2 nitrogen and oxygen atoms in total. The molecule has 2 aromatic heterocycles. The molecule has 0 bridgehead atoms. The first-order valence-electron chi connectivity index (χ1n) is 7.33. The summed E-state index contributed by atoms with van der Waals surface area (Å²) in [6.45, 7) is 3.12. The van der Waals surface area contributed by atoms with Crippen molar-refractivity contribution in [3.63, 3.8) is 0 Å². The molecule has 0 amide bonds. The van der Waals surface area contributed by atoms with Gasteiger partial charge in [-0.25, -0.2) is 4.98 Å². The van der Waals surface area contributed by atoms with Crippen molar-refractivity contribution in [2.75, 3.05) is 0 Å². The van der Waals surface area contributed by atoms with Crippen LogP contribution in [-0.4, -0.2) is 9.55 Å². The molecule has 0 aliphatic heterocycles. The van der Waals surface area contributed by atoms with Gasteiger partial charge in [0.25, 0.3) is 0 Å². The minimum absolute atomic E-state index is 0.970. The van der Waals surface area contributed by atoms with Gasteiger partial charge in [0, 0.05) is 10.4 Å². The van der Waals surface area contributed by atoms with E-state index in [9.17, 15) is 0 Å². The van der Waals surface area contributed by atoms with Gasteiger partial charge in [-0.3, -0.25) is 0 Å². The first-order chi connectivity index (χ1) is 9.83. The van der Waals surface area contributed by atoms with E-state index >= 15 is 0 Å². The van der Waals surface area contributed by atoms with Crippen LogP contribution in [0.3, 0.4) is 0 Å². The van der Waals surface area contributed by atoms with Gasteiger partial charge in [-0.15, -0.1) is 11.3 Å². The van der Waals surface area contributed by atoms with Gasteiger partial charge in [0.2, 0.25) is 0 Å². The fourth-order valence-electron chi connectivity index (χ4n) is 3.27. The number of thiophene rings is 1. The third kappa shape index (κ3) is 1.88. The van der Waals surface area contributed by atoms with E-state index in [4.69, 9.17) is 4.98 Å². The van der Waals surface area contributed by atoms with E-state index in [1.54, 1.807) is 0 Å². The summed E-state index contributed by atoms with van der Waals surface area (Å²) in [5, 5.41) is 3.70. The summed E-state index contributed by atoms with van der Waals surface area (Å²) in [5.41, 5.74) is 4.25. The van der Waals surface area contributed by atoms with E-state index in [1.807, 2.05) is 11.3 Å². The van der Waals surface area contributed by atoms with Crippen LogP contribution in [0.25, 0.3) is 10.1 Å². The van der Waals surface area contributed by atoms with E-state index in [0.717, 1.165) is 13.0 Å². The summed E-state index contributed by atoms with van der Waals surface area (Å²) in [5.74, 6) is 1.17. The van der Waals surface area contributed by atoms with Crippen LogP contribution < -0.4 is 0 Å². The topological polar surface area (TPSA) is 17.8 Å². The molecule has 102 valence electrons. The monoisotopic (exact) mass is 282 g/mol. The second kappa shape index (κ2) is 4.74. The molecule has 3 aromatic rings. The third-order valence-corrected chi connectivity index (χ3v) is 5.33. The molecule has 2 heterocycles. The average molecular weight is 282 g/mol. The summed E-state index contributed by atoms with van der Waals surface area (Å²) in [4.78, 5) is 4.78. The fraction of sp³-hybridized carbons (Fsp3) is 0.353. The molecule has 0 unspecified atom stereocenters. The van der Waals surface area contributed by atoms with Crippen molar-refractivity contribution in [3.8, 4) is 0 Å². The Bertz CT molecular complexity index is 766. The lowest BCUT2D eigenvalue weighted by Crippen LogP contribution is -2.10. The predicted molar refractivity (Wildman–Crippen MR) is 84.5 cm³/mol.